The Labute approximate surface area is 79.0 Å². The molecule has 3 heteroatoms. The molecule has 0 bridgehead atoms. The van der Waals surface area contributed by atoms with E-state index in [2.05, 4.69) is 11.5 Å². The van der Waals surface area contributed by atoms with E-state index in [0.717, 1.165) is 25.9 Å². The predicted octanol–water partition coefficient (Wildman–Crippen LogP) is 0.398. The fraction of sp³-hybridized carbons (Fsp3) is 0.800. The minimum Gasteiger partial charge on any atom is -0.392 e. The van der Waals surface area contributed by atoms with Crippen molar-refractivity contribution in [2.75, 3.05) is 26.8 Å². The third-order valence-corrected chi connectivity index (χ3v) is 3.12. The SMILES string of the molecule is C=C1CN2CC(O)CC2(COC)C1. The third kappa shape index (κ3) is 1.41. The van der Waals surface area contributed by atoms with Crippen molar-refractivity contribution in [2.45, 2.75) is 24.5 Å². The van der Waals surface area contributed by atoms with Crippen LogP contribution in [0.15, 0.2) is 12.2 Å². The van der Waals surface area contributed by atoms with Crippen LogP contribution in [-0.2, 0) is 4.74 Å². The standard InChI is InChI=1S/C10H17NO2/c1-8-3-10(7-13-2)4-9(12)6-11(10)5-8/h9,12H,1,3-7H2,2H3. The highest BCUT2D eigenvalue weighted by Crippen LogP contribution is 2.40. The molecule has 2 rings (SSSR count). The zero-order valence-corrected chi connectivity index (χ0v) is 8.12. The Kier molecular flexibility index (Phi) is 2.18. The quantitative estimate of drug-likeness (QED) is 0.629. The molecule has 2 fully saturated rings. The fourth-order valence-corrected chi connectivity index (χ4v) is 2.76. The van der Waals surface area contributed by atoms with Crippen molar-refractivity contribution >= 4 is 0 Å². The first-order valence-electron chi connectivity index (χ1n) is 4.75. The van der Waals surface area contributed by atoms with E-state index in [4.69, 9.17) is 4.74 Å². The topological polar surface area (TPSA) is 32.7 Å². The maximum absolute atomic E-state index is 9.59. The number of fused-ring (bicyclic) bond motifs is 1. The summed E-state index contributed by atoms with van der Waals surface area (Å²) in [5.74, 6) is 0. The molecule has 2 heterocycles. The molecular weight excluding hydrogens is 166 g/mol. The van der Waals surface area contributed by atoms with Gasteiger partial charge in [0.25, 0.3) is 0 Å². The molecule has 2 unspecified atom stereocenters. The van der Waals surface area contributed by atoms with Crippen molar-refractivity contribution in [3.05, 3.63) is 12.2 Å². The van der Waals surface area contributed by atoms with Crippen molar-refractivity contribution in [1.82, 2.24) is 4.90 Å². The van der Waals surface area contributed by atoms with Gasteiger partial charge in [0.05, 0.1) is 18.2 Å². The van der Waals surface area contributed by atoms with Crippen molar-refractivity contribution in [3.63, 3.8) is 0 Å². The lowest BCUT2D eigenvalue weighted by Gasteiger charge is -2.30. The van der Waals surface area contributed by atoms with Crippen molar-refractivity contribution in [2.24, 2.45) is 0 Å². The second kappa shape index (κ2) is 3.08. The maximum atomic E-state index is 9.59. The molecule has 0 spiro atoms. The van der Waals surface area contributed by atoms with E-state index in [1.54, 1.807) is 7.11 Å². The van der Waals surface area contributed by atoms with Crippen LogP contribution in [0.5, 0.6) is 0 Å². The zero-order valence-electron chi connectivity index (χ0n) is 8.12. The molecular formula is C10H17NO2. The Bertz CT molecular complexity index is 229. The lowest BCUT2D eigenvalue weighted by molar-refractivity contribution is 0.0648. The summed E-state index contributed by atoms with van der Waals surface area (Å²) in [5.41, 5.74) is 1.33. The molecule has 74 valence electrons. The van der Waals surface area contributed by atoms with Crippen molar-refractivity contribution in [1.29, 1.82) is 0 Å². The monoisotopic (exact) mass is 183 g/mol. The van der Waals surface area contributed by atoms with Gasteiger partial charge in [-0.2, -0.15) is 0 Å². The minimum atomic E-state index is -0.178. The molecule has 0 aromatic carbocycles. The van der Waals surface area contributed by atoms with Gasteiger partial charge in [0, 0.05) is 20.2 Å². The summed E-state index contributed by atoms with van der Waals surface area (Å²) in [5, 5.41) is 9.59. The van der Waals surface area contributed by atoms with Gasteiger partial charge in [0.15, 0.2) is 0 Å². The number of aliphatic hydroxyl groups excluding tert-OH is 1. The Morgan fingerprint density at radius 2 is 2.54 bits per heavy atom. The number of β-amino-alcohol motifs (C(OH)–C–C–N with tert-alkyl or cyclic N) is 1. The van der Waals surface area contributed by atoms with Crippen LogP contribution in [0.3, 0.4) is 0 Å². The molecule has 13 heavy (non-hydrogen) atoms. The van der Waals surface area contributed by atoms with Crippen molar-refractivity contribution in [3.8, 4) is 0 Å². The zero-order chi connectivity index (χ0) is 9.47. The summed E-state index contributed by atoms with van der Waals surface area (Å²) in [6.07, 6.45) is 1.64. The van der Waals surface area contributed by atoms with Gasteiger partial charge in [-0.3, -0.25) is 4.90 Å². The van der Waals surface area contributed by atoms with Crippen LogP contribution in [0.1, 0.15) is 12.8 Å². The highest BCUT2D eigenvalue weighted by atomic mass is 16.5. The van der Waals surface area contributed by atoms with E-state index < -0.39 is 0 Å². The Balaban J connectivity index is 2.16. The summed E-state index contributed by atoms with van der Waals surface area (Å²) >= 11 is 0. The van der Waals surface area contributed by atoms with Crippen LogP contribution in [0.2, 0.25) is 0 Å². The number of nitrogens with zero attached hydrogens (tertiary/aromatic N) is 1. The van der Waals surface area contributed by atoms with Crippen LogP contribution >= 0.6 is 0 Å². The Hall–Kier alpha value is -0.380. The average molecular weight is 183 g/mol. The van der Waals surface area contributed by atoms with Gasteiger partial charge in [0.2, 0.25) is 0 Å². The second-order valence-corrected chi connectivity index (χ2v) is 4.32. The molecule has 0 radical (unpaired) electrons. The van der Waals surface area contributed by atoms with Gasteiger partial charge in [-0.05, 0) is 12.8 Å². The normalized spacial score (nSPS) is 39.8. The molecule has 2 aliphatic rings. The molecule has 0 aliphatic carbocycles. The number of methoxy groups -OCH3 is 1. The first-order chi connectivity index (χ1) is 6.16. The molecule has 0 amide bonds. The molecule has 0 aromatic rings. The average Bonchev–Trinajstić information content (AvgIpc) is 2.40. The third-order valence-electron chi connectivity index (χ3n) is 3.12. The van der Waals surface area contributed by atoms with E-state index in [9.17, 15) is 5.11 Å². The molecule has 2 atom stereocenters. The molecule has 0 aromatic heterocycles. The van der Waals surface area contributed by atoms with E-state index in [0.29, 0.717) is 6.61 Å². The second-order valence-electron chi connectivity index (χ2n) is 4.32. The largest absolute Gasteiger partial charge is 0.392 e. The van der Waals surface area contributed by atoms with Crippen LogP contribution in [0, 0.1) is 0 Å². The molecule has 2 aliphatic heterocycles. The first kappa shape index (κ1) is 9.19. The first-order valence-corrected chi connectivity index (χ1v) is 4.75. The molecule has 0 saturated carbocycles. The van der Waals surface area contributed by atoms with Crippen LogP contribution in [0.4, 0.5) is 0 Å². The smallest absolute Gasteiger partial charge is 0.0686 e. The van der Waals surface area contributed by atoms with Crippen LogP contribution < -0.4 is 0 Å². The minimum absolute atomic E-state index is 0.0608. The number of hydrogen-bond acceptors (Lipinski definition) is 3. The van der Waals surface area contributed by atoms with Gasteiger partial charge in [-0.1, -0.05) is 12.2 Å². The van der Waals surface area contributed by atoms with E-state index in [-0.39, 0.29) is 11.6 Å². The number of aliphatic hydroxyl groups is 1. The van der Waals surface area contributed by atoms with Crippen LogP contribution in [-0.4, -0.2) is 48.5 Å². The van der Waals surface area contributed by atoms with Crippen molar-refractivity contribution < 1.29 is 9.84 Å². The molecule has 3 nitrogen and oxygen atoms in total. The highest BCUT2D eigenvalue weighted by molar-refractivity contribution is 5.18. The van der Waals surface area contributed by atoms with Gasteiger partial charge >= 0.3 is 0 Å². The predicted molar refractivity (Wildman–Crippen MR) is 50.6 cm³/mol. The number of rotatable bonds is 2. The summed E-state index contributed by atoms with van der Waals surface area (Å²) < 4.78 is 5.23. The number of hydrogen-bond donors (Lipinski definition) is 1. The van der Waals surface area contributed by atoms with E-state index >= 15 is 0 Å². The summed E-state index contributed by atoms with van der Waals surface area (Å²) in [7, 11) is 1.72. The van der Waals surface area contributed by atoms with E-state index in [1.165, 1.54) is 5.57 Å². The highest BCUT2D eigenvalue weighted by Gasteiger charge is 2.49. The maximum Gasteiger partial charge on any atom is 0.0686 e. The lowest BCUT2D eigenvalue weighted by Crippen LogP contribution is -2.42. The summed E-state index contributed by atoms with van der Waals surface area (Å²) in [4.78, 5) is 2.31. The summed E-state index contributed by atoms with van der Waals surface area (Å²) in [6.45, 7) is 6.43. The summed E-state index contributed by atoms with van der Waals surface area (Å²) in [6, 6.07) is 0. The van der Waals surface area contributed by atoms with Gasteiger partial charge in [-0.25, -0.2) is 0 Å². The Morgan fingerprint density at radius 3 is 3.23 bits per heavy atom. The fourth-order valence-electron chi connectivity index (χ4n) is 2.76. The van der Waals surface area contributed by atoms with Gasteiger partial charge in [0.1, 0.15) is 0 Å². The molecule has 1 N–H and O–H groups in total. The Morgan fingerprint density at radius 1 is 1.77 bits per heavy atom. The van der Waals surface area contributed by atoms with E-state index in [1.807, 2.05) is 0 Å². The van der Waals surface area contributed by atoms with Gasteiger partial charge in [-0.15, -0.1) is 0 Å². The number of ether oxygens (including phenoxy) is 1. The lowest BCUT2D eigenvalue weighted by atomic mass is 9.93. The molecule has 2 saturated heterocycles. The van der Waals surface area contributed by atoms with Crippen LogP contribution in [0.25, 0.3) is 0 Å². The van der Waals surface area contributed by atoms with Gasteiger partial charge < -0.3 is 9.84 Å².